The fraction of sp³-hybridized carbons (Fsp3) is 0.385. The molecule has 2 rings (SSSR count). The number of amides is 2. The van der Waals surface area contributed by atoms with Crippen LogP contribution in [0.5, 0.6) is 0 Å². The maximum atomic E-state index is 11.9. The second kappa shape index (κ2) is 5.48. The second-order valence-electron chi connectivity index (χ2n) is 4.80. The van der Waals surface area contributed by atoms with Crippen molar-refractivity contribution in [3.8, 4) is 0 Å². The summed E-state index contributed by atoms with van der Waals surface area (Å²) in [4.78, 5) is 24.2. The highest BCUT2D eigenvalue weighted by molar-refractivity contribution is 5.94. The Balaban J connectivity index is 2.09. The largest absolute Gasteiger partial charge is 0.478 e. The van der Waals surface area contributed by atoms with Crippen molar-refractivity contribution in [3.63, 3.8) is 0 Å². The Morgan fingerprint density at radius 1 is 1.25 bits per heavy atom. The zero-order valence-electron chi connectivity index (χ0n) is 10.9. The van der Waals surface area contributed by atoms with Crippen molar-refractivity contribution in [1.29, 1.82) is 0 Å². The number of aryl methyl sites for hydroxylation is 1. The minimum atomic E-state index is -1.06. The molecule has 0 spiro atoms. The van der Waals surface area contributed by atoms with Gasteiger partial charge in [0.2, 0.25) is 0 Å². The molecule has 0 saturated carbocycles. The number of anilines is 1. The SMILES string of the molecule is Cc1ccc(NC(=O)N2CC(O)C(O)C2)cc1C(=O)O. The number of β-amino-alcohol motifs (C(OH)–C–C–N with tert-alkyl or cyclic N) is 2. The molecule has 1 aliphatic heterocycles. The molecule has 7 heteroatoms. The average molecular weight is 280 g/mol. The number of aromatic carboxylic acids is 1. The Morgan fingerprint density at radius 3 is 2.40 bits per heavy atom. The van der Waals surface area contributed by atoms with Gasteiger partial charge in [-0.05, 0) is 24.6 Å². The highest BCUT2D eigenvalue weighted by atomic mass is 16.4. The standard InChI is InChI=1S/C13H16N2O5/c1-7-2-3-8(4-9(7)12(18)19)14-13(20)15-5-10(16)11(17)6-15/h2-4,10-11,16-17H,5-6H2,1H3,(H,14,20)(H,18,19). The van der Waals surface area contributed by atoms with Gasteiger partial charge in [0, 0.05) is 5.69 Å². The molecule has 0 bridgehead atoms. The highest BCUT2D eigenvalue weighted by Crippen LogP contribution is 2.17. The van der Waals surface area contributed by atoms with E-state index in [1.807, 2.05) is 0 Å². The van der Waals surface area contributed by atoms with E-state index in [0.717, 1.165) is 0 Å². The first-order valence-electron chi connectivity index (χ1n) is 6.14. The van der Waals surface area contributed by atoms with Crippen molar-refractivity contribution in [1.82, 2.24) is 4.90 Å². The third-order valence-electron chi connectivity index (χ3n) is 3.27. The molecule has 108 valence electrons. The Labute approximate surface area is 115 Å². The number of aliphatic hydroxyl groups excluding tert-OH is 2. The topological polar surface area (TPSA) is 110 Å². The van der Waals surface area contributed by atoms with Crippen LogP contribution in [0.25, 0.3) is 0 Å². The van der Waals surface area contributed by atoms with E-state index in [1.54, 1.807) is 19.1 Å². The molecule has 20 heavy (non-hydrogen) atoms. The Bertz CT molecular complexity index is 536. The number of rotatable bonds is 2. The summed E-state index contributed by atoms with van der Waals surface area (Å²) in [6.07, 6.45) is -1.90. The molecule has 2 atom stereocenters. The molecule has 1 aromatic carbocycles. The van der Waals surface area contributed by atoms with Gasteiger partial charge in [-0.3, -0.25) is 0 Å². The van der Waals surface area contributed by atoms with Crippen LogP contribution in [0.1, 0.15) is 15.9 Å². The minimum Gasteiger partial charge on any atom is -0.478 e. The van der Waals surface area contributed by atoms with E-state index < -0.39 is 24.2 Å². The van der Waals surface area contributed by atoms with E-state index in [9.17, 15) is 19.8 Å². The van der Waals surface area contributed by atoms with Crippen molar-refractivity contribution in [2.75, 3.05) is 18.4 Å². The molecule has 1 aliphatic rings. The fourth-order valence-corrected chi connectivity index (χ4v) is 2.07. The van der Waals surface area contributed by atoms with Crippen molar-refractivity contribution >= 4 is 17.7 Å². The predicted octanol–water partition coefficient (Wildman–Crippen LogP) is 0.263. The lowest BCUT2D eigenvalue weighted by atomic mass is 10.1. The number of likely N-dealkylation sites (tertiary alicyclic amines) is 1. The summed E-state index contributed by atoms with van der Waals surface area (Å²) >= 11 is 0. The van der Waals surface area contributed by atoms with Gasteiger partial charge in [-0.2, -0.15) is 0 Å². The first-order chi connectivity index (χ1) is 9.38. The number of benzene rings is 1. The quantitative estimate of drug-likeness (QED) is 0.621. The Morgan fingerprint density at radius 2 is 1.85 bits per heavy atom. The smallest absolute Gasteiger partial charge is 0.336 e. The van der Waals surface area contributed by atoms with Crippen molar-refractivity contribution in [2.45, 2.75) is 19.1 Å². The Hall–Kier alpha value is -2.12. The molecule has 0 aliphatic carbocycles. The number of carboxylic acid groups (broad SMARTS) is 1. The number of carbonyl (C=O) groups is 2. The van der Waals surface area contributed by atoms with Crippen LogP contribution < -0.4 is 5.32 Å². The third kappa shape index (κ3) is 2.89. The minimum absolute atomic E-state index is 0.0463. The highest BCUT2D eigenvalue weighted by Gasteiger charge is 2.32. The molecule has 2 amide bonds. The summed E-state index contributed by atoms with van der Waals surface area (Å²) in [7, 11) is 0. The van der Waals surface area contributed by atoms with E-state index in [2.05, 4.69) is 5.32 Å². The molecular formula is C13H16N2O5. The molecule has 1 heterocycles. The zero-order valence-corrected chi connectivity index (χ0v) is 10.9. The lowest BCUT2D eigenvalue weighted by molar-refractivity contribution is 0.0572. The zero-order chi connectivity index (χ0) is 14.9. The van der Waals surface area contributed by atoms with Gasteiger partial charge in [0.25, 0.3) is 0 Å². The second-order valence-corrected chi connectivity index (χ2v) is 4.80. The number of hydrogen-bond donors (Lipinski definition) is 4. The van der Waals surface area contributed by atoms with Crippen molar-refractivity contribution in [2.24, 2.45) is 0 Å². The molecule has 0 radical (unpaired) electrons. The Kier molecular flexibility index (Phi) is 3.91. The van der Waals surface area contributed by atoms with Crippen LogP contribution in [0.4, 0.5) is 10.5 Å². The molecule has 7 nitrogen and oxygen atoms in total. The predicted molar refractivity (Wildman–Crippen MR) is 70.7 cm³/mol. The van der Waals surface area contributed by atoms with E-state index >= 15 is 0 Å². The van der Waals surface area contributed by atoms with Gasteiger partial charge in [-0.15, -0.1) is 0 Å². The van der Waals surface area contributed by atoms with Gasteiger partial charge in [0.15, 0.2) is 0 Å². The number of carbonyl (C=O) groups excluding carboxylic acids is 1. The van der Waals surface area contributed by atoms with Gasteiger partial charge in [0.1, 0.15) is 0 Å². The molecule has 2 unspecified atom stereocenters. The number of urea groups is 1. The van der Waals surface area contributed by atoms with Crippen LogP contribution >= 0.6 is 0 Å². The summed E-state index contributed by atoms with van der Waals surface area (Å²) in [5.41, 5.74) is 1.07. The molecule has 4 N–H and O–H groups in total. The molecular weight excluding hydrogens is 264 g/mol. The fourth-order valence-electron chi connectivity index (χ4n) is 2.07. The van der Waals surface area contributed by atoms with E-state index in [0.29, 0.717) is 11.3 Å². The molecule has 1 aromatic rings. The van der Waals surface area contributed by atoms with Gasteiger partial charge in [0.05, 0.1) is 30.9 Å². The van der Waals surface area contributed by atoms with Crippen LogP contribution in [-0.4, -0.2) is 57.5 Å². The first-order valence-corrected chi connectivity index (χ1v) is 6.14. The maximum absolute atomic E-state index is 11.9. The van der Waals surface area contributed by atoms with Crippen LogP contribution in [0.3, 0.4) is 0 Å². The van der Waals surface area contributed by atoms with Gasteiger partial charge < -0.3 is 25.5 Å². The number of nitrogens with one attached hydrogen (secondary N) is 1. The molecule has 0 aromatic heterocycles. The van der Waals surface area contributed by atoms with E-state index in [1.165, 1.54) is 11.0 Å². The van der Waals surface area contributed by atoms with Gasteiger partial charge in [-0.1, -0.05) is 6.07 Å². The summed E-state index contributed by atoms with van der Waals surface area (Å²) < 4.78 is 0. The van der Waals surface area contributed by atoms with Crippen LogP contribution in [0, 0.1) is 6.92 Å². The third-order valence-corrected chi connectivity index (χ3v) is 3.27. The monoisotopic (exact) mass is 280 g/mol. The number of aliphatic hydroxyl groups is 2. The van der Waals surface area contributed by atoms with Crippen LogP contribution in [0.15, 0.2) is 18.2 Å². The summed E-state index contributed by atoms with van der Waals surface area (Å²) in [5, 5.41) is 30.3. The van der Waals surface area contributed by atoms with E-state index in [-0.39, 0.29) is 18.7 Å². The van der Waals surface area contributed by atoms with Crippen LogP contribution in [0.2, 0.25) is 0 Å². The number of hydrogen-bond acceptors (Lipinski definition) is 4. The van der Waals surface area contributed by atoms with Gasteiger partial charge in [-0.25, -0.2) is 9.59 Å². The lowest BCUT2D eigenvalue weighted by Crippen LogP contribution is -2.34. The summed E-state index contributed by atoms with van der Waals surface area (Å²) in [6, 6.07) is 4.09. The lowest BCUT2D eigenvalue weighted by Gasteiger charge is -2.16. The molecule has 1 fully saturated rings. The normalized spacial score (nSPS) is 21.9. The number of carboxylic acids is 1. The number of nitrogens with zero attached hydrogens (tertiary/aromatic N) is 1. The van der Waals surface area contributed by atoms with Crippen LogP contribution in [-0.2, 0) is 0 Å². The van der Waals surface area contributed by atoms with Crippen molar-refractivity contribution in [3.05, 3.63) is 29.3 Å². The summed E-state index contributed by atoms with van der Waals surface area (Å²) in [6.45, 7) is 1.76. The average Bonchev–Trinajstić information content (AvgIpc) is 2.72. The first kappa shape index (κ1) is 14.3. The van der Waals surface area contributed by atoms with E-state index in [4.69, 9.17) is 5.11 Å². The summed E-state index contributed by atoms with van der Waals surface area (Å²) in [5.74, 6) is -1.06. The van der Waals surface area contributed by atoms with Gasteiger partial charge >= 0.3 is 12.0 Å². The molecule has 1 saturated heterocycles. The van der Waals surface area contributed by atoms with Crippen molar-refractivity contribution < 1.29 is 24.9 Å². The maximum Gasteiger partial charge on any atom is 0.336 e.